The van der Waals surface area contributed by atoms with Crippen LogP contribution in [0, 0.1) is 26.6 Å². The molecule has 3 rings (SSSR count). The summed E-state index contributed by atoms with van der Waals surface area (Å²) in [4.78, 5) is 25.1. The number of hydrogen-bond acceptors (Lipinski definition) is 3. The van der Waals surface area contributed by atoms with Crippen LogP contribution in [-0.4, -0.2) is 21.5 Å². The second-order valence-electron chi connectivity index (χ2n) is 6.04. The van der Waals surface area contributed by atoms with Crippen molar-refractivity contribution in [2.24, 2.45) is 0 Å². The van der Waals surface area contributed by atoms with Gasteiger partial charge in [-0.2, -0.15) is 5.10 Å². The first kappa shape index (κ1) is 17.5. The molecule has 0 radical (unpaired) electrons. The quantitative estimate of drug-likeness (QED) is 0.575. The average molecular weight is 351 g/mol. The van der Waals surface area contributed by atoms with Gasteiger partial charge in [0.25, 0.3) is 11.7 Å². The third-order valence-electron chi connectivity index (χ3n) is 4.16. The highest BCUT2D eigenvalue weighted by Gasteiger charge is 2.25. The Labute approximate surface area is 150 Å². The Morgan fingerprint density at radius 1 is 1.04 bits per heavy atom. The zero-order chi connectivity index (χ0) is 18.8. The number of aromatic nitrogens is 2. The van der Waals surface area contributed by atoms with Gasteiger partial charge in [-0.1, -0.05) is 18.2 Å². The van der Waals surface area contributed by atoms with Crippen LogP contribution in [-0.2, 0) is 4.79 Å². The summed E-state index contributed by atoms with van der Waals surface area (Å²) >= 11 is 0. The van der Waals surface area contributed by atoms with Gasteiger partial charge >= 0.3 is 0 Å². The Bertz CT molecular complexity index is 994. The van der Waals surface area contributed by atoms with Crippen molar-refractivity contribution in [2.75, 3.05) is 5.32 Å². The van der Waals surface area contributed by atoms with Gasteiger partial charge in [0.15, 0.2) is 0 Å². The van der Waals surface area contributed by atoms with Crippen molar-refractivity contribution in [2.45, 2.75) is 20.8 Å². The number of nitrogens with zero attached hydrogens (tertiary/aromatic N) is 2. The molecule has 2 aromatic carbocycles. The standard InChI is InChI=1S/C20H18FN3O2/c1-12-11-15(21)9-10-17(12)22-20(26)19(25)18-13(2)23-24(14(18)3)16-7-5-4-6-8-16/h4-11H,1-3H3,(H,22,26). The van der Waals surface area contributed by atoms with Gasteiger partial charge in [-0.05, 0) is 56.7 Å². The summed E-state index contributed by atoms with van der Waals surface area (Å²) in [6.07, 6.45) is 0. The van der Waals surface area contributed by atoms with E-state index in [4.69, 9.17) is 0 Å². The number of ketones is 1. The Kier molecular flexibility index (Phi) is 4.67. The summed E-state index contributed by atoms with van der Waals surface area (Å²) < 4.78 is 14.8. The second-order valence-corrected chi connectivity index (χ2v) is 6.04. The molecule has 0 bridgehead atoms. The molecule has 0 aliphatic rings. The number of rotatable bonds is 4. The molecule has 0 fully saturated rings. The van der Waals surface area contributed by atoms with E-state index in [0.717, 1.165) is 5.69 Å². The van der Waals surface area contributed by atoms with E-state index < -0.39 is 17.5 Å². The second kappa shape index (κ2) is 6.92. The van der Waals surface area contributed by atoms with Crippen LogP contribution >= 0.6 is 0 Å². The molecule has 0 aliphatic carbocycles. The first-order valence-corrected chi connectivity index (χ1v) is 8.12. The predicted octanol–water partition coefficient (Wildman–Crippen LogP) is 3.76. The molecule has 0 saturated heterocycles. The molecule has 0 aliphatic heterocycles. The Morgan fingerprint density at radius 2 is 1.73 bits per heavy atom. The van der Waals surface area contributed by atoms with Gasteiger partial charge in [0.05, 0.1) is 22.6 Å². The molecular weight excluding hydrogens is 333 g/mol. The molecule has 132 valence electrons. The highest BCUT2D eigenvalue weighted by Crippen LogP contribution is 2.20. The molecule has 1 aromatic heterocycles. The summed E-state index contributed by atoms with van der Waals surface area (Å²) in [5, 5.41) is 6.93. The molecular formula is C20H18FN3O2. The summed E-state index contributed by atoms with van der Waals surface area (Å²) in [5.74, 6) is -1.85. The summed E-state index contributed by atoms with van der Waals surface area (Å²) in [7, 11) is 0. The third-order valence-corrected chi connectivity index (χ3v) is 4.16. The number of para-hydroxylation sites is 1. The van der Waals surface area contributed by atoms with Gasteiger partial charge in [0.2, 0.25) is 0 Å². The van der Waals surface area contributed by atoms with Gasteiger partial charge in [-0.15, -0.1) is 0 Å². The van der Waals surface area contributed by atoms with Crippen LogP contribution in [0.1, 0.15) is 27.3 Å². The molecule has 1 heterocycles. The summed E-state index contributed by atoms with van der Waals surface area (Å²) in [6, 6.07) is 13.3. The van der Waals surface area contributed by atoms with E-state index in [1.807, 2.05) is 30.3 Å². The lowest BCUT2D eigenvalue weighted by Gasteiger charge is -2.08. The van der Waals surface area contributed by atoms with E-state index in [9.17, 15) is 14.0 Å². The predicted molar refractivity (Wildman–Crippen MR) is 97.1 cm³/mol. The Hall–Kier alpha value is -3.28. The van der Waals surface area contributed by atoms with Gasteiger partial charge in [-0.3, -0.25) is 9.59 Å². The highest BCUT2D eigenvalue weighted by molar-refractivity contribution is 6.47. The Balaban J connectivity index is 1.90. The fourth-order valence-corrected chi connectivity index (χ4v) is 2.85. The highest BCUT2D eigenvalue weighted by atomic mass is 19.1. The molecule has 1 N–H and O–H groups in total. The number of carbonyl (C=O) groups excluding carboxylic acids is 2. The fourth-order valence-electron chi connectivity index (χ4n) is 2.85. The maximum absolute atomic E-state index is 13.2. The Morgan fingerprint density at radius 3 is 2.38 bits per heavy atom. The molecule has 0 spiro atoms. The first-order valence-electron chi connectivity index (χ1n) is 8.12. The van der Waals surface area contributed by atoms with Crippen molar-refractivity contribution in [3.63, 3.8) is 0 Å². The lowest BCUT2D eigenvalue weighted by Crippen LogP contribution is -2.24. The molecule has 5 nitrogen and oxygen atoms in total. The van der Waals surface area contributed by atoms with E-state index >= 15 is 0 Å². The smallest absolute Gasteiger partial charge is 0.296 e. The lowest BCUT2D eigenvalue weighted by molar-refractivity contribution is -0.112. The minimum atomic E-state index is -0.779. The summed E-state index contributed by atoms with van der Waals surface area (Å²) in [6.45, 7) is 5.10. The monoisotopic (exact) mass is 351 g/mol. The number of nitrogens with one attached hydrogen (secondary N) is 1. The van der Waals surface area contributed by atoms with Crippen LogP contribution < -0.4 is 5.32 Å². The number of hydrogen-bond donors (Lipinski definition) is 1. The maximum Gasteiger partial charge on any atom is 0.296 e. The fraction of sp³-hybridized carbons (Fsp3) is 0.150. The number of aryl methyl sites for hydroxylation is 2. The first-order chi connectivity index (χ1) is 12.4. The maximum atomic E-state index is 13.2. The number of anilines is 1. The van der Waals surface area contributed by atoms with Gasteiger partial charge < -0.3 is 5.32 Å². The van der Waals surface area contributed by atoms with Gasteiger partial charge in [-0.25, -0.2) is 9.07 Å². The van der Waals surface area contributed by atoms with Crippen molar-refractivity contribution < 1.29 is 14.0 Å². The van der Waals surface area contributed by atoms with Gasteiger partial charge in [0.1, 0.15) is 5.82 Å². The molecule has 0 unspecified atom stereocenters. The van der Waals surface area contributed by atoms with Crippen LogP contribution in [0.5, 0.6) is 0 Å². The van der Waals surface area contributed by atoms with Crippen molar-refractivity contribution in [3.05, 3.63) is 76.9 Å². The van der Waals surface area contributed by atoms with Gasteiger partial charge in [0, 0.05) is 5.69 Å². The molecule has 0 atom stereocenters. The number of amides is 1. The van der Waals surface area contributed by atoms with Crippen LogP contribution in [0.15, 0.2) is 48.5 Å². The number of halogens is 1. The van der Waals surface area contributed by atoms with Crippen LogP contribution in [0.2, 0.25) is 0 Å². The third kappa shape index (κ3) is 3.26. The summed E-state index contributed by atoms with van der Waals surface area (Å²) in [5.41, 5.74) is 3.08. The lowest BCUT2D eigenvalue weighted by atomic mass is 10.1. The zero-order valence-corrected chi connectivity index (χ0v) is 14.7. The topological polar surface area (TPSA) is 64.0 Å². The number of benzene rings is 2. The minimum absolute atomic E-state index is 0.270. The van der Waals surface area contributed by atoms with E-state index in [1.165, 1.54) is 18.2 Å². The van der Waals surface area contributed by atoms with E-state index in [0.29, 0.717) is 22.6 Å². The van der Waals surface area contributed by atoms with Crippen LogP contribution in [0.4, 0.5) is 10.1 Å². The van der Waals surface area contributed by atoms with E-state index in [2.05, 4.69) is 10.4 Å². The number of Topliss-reactive ketones (excluding diaryl/α,β-unsaturated/α-hetero) is 1. The zero-order valence-electron chi connectivity index (χ0n) is 14.7. The number of carbonyl (C=O) groups is 2. The molecule has 26 heavy (non-hydrogen) atoms. The largest absolute Gasteiger partial charge is 0.319 e. The van der Waals surface area contributed by atoms with Crippen molar-refractivity contribution in [1.29, 1.82) is 0 Å². The molecule has 3 aromatic rings. The van der Waals surface area contributed by atoms with Crippen molar-refractivity contribution >= 4 is 17.4 Å². The molecule has 6 heteroatoms. The van der Waals surface area contributed by atoms with Crippen molar-refractivity contribution in [1.82, 2.24) is 9.78 Å². The minimum Gasteiger partial charge on any atom is -0.319 e. The van der Waals surface area contributed by atoms with E-state index in [1.54, 1.807) is 25.5 Å². The van der Waals surface area contributed by atoms with Crippen LogP contribution in [0.3, 0.4) is 0 Å². The van der Waals surface area contributed by atoms with Crippen LogP contribution in [0.25, 0.3) is 5.69 Å². The SMILES string of the molecule is Cc1cc(F)ccc1NC(=O)C(=O)c1c(C)nn(-c2ccccc2)c1C. The van der Waals surface area contributed by atoms with E-state index in [-0.39, 0.29) is 5.56 Å². The molecule has 1 amide bonds. The molecule has 0 saturated carbocycles. The van der Waals surface area contributed by atoms with Crippen molar-refractivity contribution in [3.8, 4) is 5.69 Å². The average Bonchev–Trinajstić information content (AvgIpc) is 2.92. The normalized spacial score (nSPS) is 10.6.